The van der Waals surface area contributed by atoms with Crippen molar-refractivity contribution < 1.29 is 18.5 Å². The Morgan fingerprint density at radius 2 is 2.00 bits per heavy atom. The van der Waals surface area contributed by atoms with Gasteiger partial charge in [0.1, 0.15) is 5.82 Å². The summed E-state index contributed by atoms with van der Waals surface area (Å²) in [5.41, 5.74) is 3.36. The molecule has 0 aliphatic carbocycles. The molecule has 8 heteroatoms. The summed E-state index contributed by atoms with van der Waals surface area (Å²) >= 11 is 0. The number of carbonyl (C=O) groups excluding carboxylic acids is 2. The first-order chi connectivity index (χ1) is 15.5. The summed E-state index contributed by atoms with van der Waals surface area (Å²) in [6.45, 7) is 4.64. The van der Waals surface area contributed by atoms with Gasteiger partial charge in [0.15, 0.2) is 0 Å². The van der Waals surface area contributed by atoms with Crippen LogP contribution in [0.1, 0.15) is 69.4 Å². The third-order valence-corrected chi connectivity index (χ3v) is 5.71. The van der Waals surface area contributed by atoms with Gasteiger partial charge in [-0.25, -0.2) is 4.39 Å². The highest BCUT2D eigenvalue weighted by molar-refractivity contribution is 5.95. The number of benzene rings is 1. The number of hydrogen-bond acceptors (Lipinski definition) is 5. The lowest BCUT2D eigenvalue weighted by Gasteiger charge is -2.23. The van der Waals surface area contributed by atoms with E-state index in [1.165, 1.54) is 12.1 Å². The standard InChI is InChI=1S/C24H25FN4O3/c1-3-18-13-22(32-28-18)24(31)29-12-4-5-21(29)20-11-10-19(15(2)27-20)23(30)26-14-16-6-8-17(25)9-7-16/h6-11,13,21H,3-5,12,14H2,1-2H3,(H,26,30)/t21-/m0/s1. The molecule has 2 aromatic heterocycles. The van der Waals surface area contributed by atoms with E-state index in [1.54, 1.807) is 42.2 Å². The first kappa shape index (κ1) is 21.7. The lowest BCUT2D eigenvalue weighted by molar-refractivity contribution is 0.0690. The van der Waals surface area contributed by atoms with Crippen molar-refractivity contribution in [3.8, 4) is 0 Å². The van der Waals surface area contributed by atoms with Gasteiger partial charge in [0.2, 0.25) is 5.76 Å². The molecular weight excluding hydrogens is 411 g/mol. The molecule has 166 valence electrons. The van der Waals surface area contributed by atoms with Gasteiger partial charge in [-0.15, -0.1) is 0 Å². The molecule has 0 saturated carbocycles. The maximum absolute atomic E-state index is 13.0. The van der Waals surface area contributed by atoms with Crippen LogP contribution in [0.3, 0.4) is 0 Å². The lowest BCUT2D eigenvalue weighted by Crippen LogP contribution is -2.31. The number of likely N-dealkylation sites (tertiary alicyclic amines) is 1. The molecule has 7 nitrogen and oxygen atoms in total. The van der Waals surface area contributed by atoms with Gasteiger partial charge in [0.25, 0.3) is 11.8 Å². The molecule has 32 heavy (non-hydrogen) atoms. The molecule has 1 aromatic carbocycles. The second kappa shape index (κ2) is 9.30. The van der Waals surface area contributed by atoms with Gasteiger partial charge in [0.05, 0.1) is 28.7 Å². The zero-order chi connectivity index (χ0) is 22.7. The summed E-state index contributed by atoms with van der Waals surface area (Å²) in [6.07, 6.45) is 2.36. The van der Waals surface area contributed by atoms with Crippen molar-refractivity contribution in [1.29, 1.82) is 0 Å². The Balaban J connectivity index is 1.46. The number of halogens is 1. The molecule has 0 radical (unpaired) electrons. The van der Waals surface area contributed by atoms with Crippen molar-refractivity contribution >= 4 is 11.8 Å². The van der Waals surface area contributed by atoms with Gasteiger partial charge in [0, 0.05) is 19.2 Å². The van der Waals surface area contributed by atoms with E-state index in [2.05, 4.69) is 15.5 Å². The first-order valence-corrected chi connectivity index (χ1v) is 10.7. The molecule has 0 bridgehead atoms. The molecule has 1 fully saturated rings. The second-order valence-corrected chi connectivity index (χ2v) is 7.87. The van der Waals surface area contributed by atoms with Gasteiger partial charge in [-0.2, -0.15) is 0 Å². The Morgan fingerprint density at radius 3 is 2.69 bits per heavy atom. The van der Waals surface area contributed by atoms with Crippen LogP contribution in [-0.2, 0) is 13.0 Å². The molecule has 1 aliphatic rings. The van der Waals surface area contributed by atoms with Crippen molar-refractivity contribution in [2.24, 2.45) is 0 Å². The highest BCUT2D eigenvalue weighted by Crippen LogP contribution is 2.32. The highest BCUT2D eigenvalue weighted by atomic mass is 19.1. The van der Waals surface area contributed by atoms with Gasteiger partial charge in [-0.05, 0) is 56.0 Å². The van der Waals surface area contributed by atoms with Crippen LogP contribution in [0.15, 0.2) is 47.0 Å². The number of aromatic nitrogens is 2. The molecule has 0 unspecified atom stereocenters. The fourth-order valence-corrected chi connectivity index (χ4v) is 3.92. The van der Waals surface area contributed by atoms with E-state index in [4.69, 9.17) is 4.52 Å². The number of amides is 2. The van der Waals surface area contributed by atoms with Gasteiger partial charge in [-0.1, -0.05) is 24.2 Å². The molecule has 1 aliphatic heterocycles. The van der Waals surface area contributed by atoms with Crippen LogP contribution in [0, 0.1) is 12.7 Å². The number of carbonyl (C=O) groups is 2. The third kappa shape index (κ3) is 4.54. The average molecular weight is 436 g/mol. The summed E-state index contributed by atoms with van der Waals surface area (Å²) in [6, 6.07) is 11.0. The van der Waals surface area contributed by atoms with Crippen molar-refractivity contribution in [3.05, 3.63) is 82.3 Å². The second-order valence-electron chi connectivity index (χ2n) is 7.87. The van der Waals surface area contributed by atoms with Gasteiger partial charge in [-0.3, -0.25) is 14.6 Å². The normalized spacial score (nSPS) is 15.7. The predicted octanol–water partition coefficient (Wildman–Crippen LogP) is 3.99. The largest absolute Gasteiger partial charge is 0.351 e. The van der Waals surface area contributed by atoms with E-state index in [9.17, 15) is 14.0 Å². The molecule has 3 heterocycles. The van der Waals surface area contributed by atoms with Crippen molar-refractivity contribution in [2.45, 2.75) is 45.7 Å². The topological polar surface area (TPSA) is 88.3 Å². The van der Waals surface area contributed by atoms with Crippen LogP contribution in [0.4, 0.5) is 4.39 Å². The smallest absolute Gasteiger partial charge is 0.293 e. The minimum absolute atomic E-state index is 0.173. The highest BCUT2D eigenvalue weighted by Gasteiger charge is 2.33. The molecule has 1 atom stereocenters. The average Bonchev–Trinajstić information content (AvgIpc) is 3.48. The monoisotopic (exact) mass is 436 g/mol. The molecule has 1 saturated heterocycles. The first-order valence-electron chi connectivity index (χ1n) is 10.7. The number of hydrogen-bond donors (Lipinski definition) is 1. The summed E-state index contributed by atoms with van der Waals surface area (Å²) in [4.78, 5) is 32.0. The Bertz CT molecular complexity index is 1130. The van der Waals surface area contributed by atoms with E-state index in [-0.39, 0.29) is 29.4 Å². The molecule has 2 amide bonds. The van der Waals surface area contributed by atoms with Crippen LogP contribution in [-0.4, -0.2) is 33.4 Å². The number of rotatable bonds is 6. The molecular formula is C24H25FN4O3. The van der Waals surface area contributed by atoms with E-state index in [0.29, 0.717) is 30.8 Å². The maximum atomic E-state index is 13.0. The number of nitrogens with zero attached hydrogens (tertiary/aromatic N) is 3. The Morgan fingerprint density at radius 1 is 1.22 bits per heavy atom. The van der Waals surface area contributed by atoms with E-state index in [1.807, 2.05) is 6.92 Å². The van der Waals surface area contributed by atoms with E-state index < -0.39 is 0 Å². The SMILES string of the molecule is CCc1cc(C(=O)N2CCC[C@H]2c2ccc(C(=O)NCc3ccc(F)cc3)c(C)n2)on1. The summed E-state index contributed by atoms with van der Waals surface area (Å²) < 4.78 is 18.3. The van der Waals surface area contributed by atoms with Crippen molar-refractivity contribution in [1.82, 2.24) is 20.4 Å². The minimum Gasteiger partial charge on any atom is -0.351 e. The Labute approximate surface area is 185 Å². The number of aryl methyl sites for hydroxylation is 2. The minimum atomic E-state index is -0.315. The molecule has 3 aromatic rings. The van der Waals surface area contributed by atoms with Crippen LogP contribution >= 0.6 is 0 Å². The Hall–Kier alpha value is -3.55. The number of pyridine rings is 1. The van der Waals surface area contributed by atoms with Crippen molar-refractivity contribution in [3.63, 3.8) is 0 Å². The molecule has 0 spiro atoms. The van der Waals surface area contributed by atoms with E-state index >= 15 is 0 Å². The zero-order valence-corrected chi connectivity index (χ0v) is 18.1. The summed E-state index contributed by atoms with van der Waals surface area (Å²) in [7, 11) is 0. The van der Waals surface area contributed by atoms with Gasteiger partial charge >= 0.3 is 0 Å². The van der Waals surface area contributed by atoms with Crippen molar-refractivity contribution in [2.75, 3.05) is 6.54 Å². The van der Waals surface area contributed by atoms with E-state index in [0.717, 1.165) is 29.8 Å². The lowest BCUT2D eigenvalue weighted by atomic mass is 10.1. The van der Waals surface area contributed by atoms with Crippen LogP contribution in [0.2, 0.25) is 0 Å². The summed E-state index contributed by atoms with van der Waals surface area (Å²) in [5, 5.41) is 6.75. The predicted molar refractivity (Wildman–Crippen MR) is 115 cm³/mol. The quantitative estimate of drug-likeness (QED) is 0.631. The maximum Gasteiger partial charge on any atom is 0.293 e. The van der Waals surface area contributed by atoms with Crippen LogP contribution < -0.4 is 5.32 Å². The van der Waals surface area contributed by atoms with Gasteiger partial charge < -0.3 is 14.7 Å². The molecule has 4 rings (SSSR count). The van der Waals surface area contributed by atoms with Crippen LogP contribution in [0.25, 0.3) is 0 Å². The third-order valence-electron chi connectivity index (χ3n) is 5.71. The fraction of sp³-hybridized carbons (Fsp3) is 0.333. The van der Waals surface area contributed by atoms with Crippen LogP contribution in [0.5, 0.6) is 0 Å². The molecule has 1 N–H and O–H groups in total. The zero-order valence-electron chi connectivity index (χ0n) is 18.1. The number of nitrogens with one attached hydrogen (secondary N) is 1. The fourth-order valence-electron chi connectivity index (χ4n) is 3.92. The Kier molecular flexibility index (Phi) is 6.30. The summed E-state index contributed by atoms with van der Waals surface area (Å²) in [5.74, 6) is -0.522.